The Morgan fingerprint density at radius 2 is 1.36 bits per heavy atom. The molecule has 0 spiro atoms. The predicted octanol–water partition coefficient (Wildman–Crippen LogP) is 3.99. The molecular weight excluding hydrogens is 704 g/mol. The highest BCUT2D eigenvalue weighted by molar-refractivity contribution is 5.97. The van der Waals surface area contributed by atoms with Crippen LogP contribution in [0.3, 0.4) is 0 Å². The number of carbonyl (C=O) groups excluding carboxylic acids is 5. The molecule has 1 aromatic heterocycles. The van der Waals surface area contributed by atoms with Crippen molar-refractivity contribution in [1.29, 1.82) is 0 Å². The van der Waals surface area contributed by atoms with Crippen LogP contribution in [0.25, 0.3) is 21.7 Å². The smallest absolute Gasteiger partial charge is 0.408 e. The highest BCUT2D eigenvalue weighted by Gasteiger charge is 2.37. The average molecular weight is 755 g/mol. The Labute approximate surface area is 319 Å². The maximum Gasteiger partial charge on any atom is 0.408 e. The fourth-order valence-electron chi connectivity index (χ4n) is 7.13. The summed E-state index contributed by atoms with van der Waals surface area (Å²) in [6.07, 6.45) is 3.94. The van der Waals surface area contributed by atoms with E-state index >= 15 is 0 Å². The van der Waals surface area contributed by atoms with Gasteiger partial charge >= 0.3 is 12.1 Å². The molecule has 5 rings (SSSR count). The Hall–Kier alpha value is -5.92. The van der Waals surface area contributed by atoms with Crippen LogP contribution in [-0.4, -0.2) is 75.6 Å². The topological polar surface area (TPSA) is 222 Å². The molecule has 1 saturated carbocycles. The molecule has 14 heteroatoms. The lowest BCUT2D eigenvalue weighted by molar-refractivity contribution is -0.141. The van der Waals surface area contributed by atoms with Gasteiger partial charge in [-0.1, -0.05) is 79.9 Å². The first kappa shape index (κ1) is 40.3. The summed E-state index contributed by atoms with van der Waals surface area (Å²) in [6, 6.07) is 15.4. The molecule has 4 aromatic rings. The third-order valence-electron chi connectivity index (χ3n) is 9.78. The van der Waals surface area contributed by atoms with Crippen molar-refractivity contribution in [3.63, 3.8) is 0 Å². The number of carbonyl (C=O) groups is 6. The molecule has 0 saturated heterocycles. The second-order valence-corrected chi connectivity index (χ2v) is 15.1. The van der Waals surface area contributed by atoms with Gasteiger partial charge in [0.15, 0.2) is 0 Å². The van der Waals surface area contributed by atoms with E-state index in [4.69, 9.17) is 10.5 Å². The molecule has 8 N–H and O–H groups in total. The number of para-hydroxylation sites is 1. The molecule has 1 fully saturated rings. The van der Waals surface area contributed by atoms with Gasteiger partial charge in [-0.25, -0.2) is 4.79 Å². The van der Waals surface area contributed by atoms with E-state index in [-0.39, 0.29) is 18.8 Å². The van der Waals surface area contributed by atoms with Crippen molar-refractivity contribution in [2.24, 2.45) is 11.7 Å². The third kappa shape index (κ3) is 11.1. The first-order valence-electron chi connectivity index (χ1n) is 18.6. The lowest BCUT2D eigenvalue weighted by atomic mass is 9.83. The second kappa shape index (κ2) is 17.9. The quantitative estimate of drug-likeness (QED) is 0.0938. The monoisotopic (exact) mass is 754 g/mol. The maximum absolute atomic E-state index is 14.2. The van der Waals surface area contributed by atoms with Gasteiger partial charge in [-0.2, -0.15) is 0 Å². The number of nitrogens with two attached hydrogens (primary N) is 1. The molecule has 0 radical (unpaired) electrons. The summed E-state index contributed by atoms with van der Waals surface area (Å²) in [7, 11) is 0. The van der Waals surface area contributed by atoms with E-state index in [9.17, 15) is 33.9 Å². The molecule has 0 bridgehead atoms. The minimum absolute atomic E-state index is 0.0272. The first-order valence-corrected chi connectivity index (χ1v) is 18.6. The zero-order valence-corrected chi connectivity index (χ0v) is 31.4. The van der Waals surface area contributed by atoms with E-state index in [0.717, 1.165) is 52.1 Å². The van der Waals surface area contributed by atoms with Crippen LogP contribution in [0.4, 0.5) is 4.79 Å². The summed E-state index contributed by atoms with van der Waals surface area (Å²) in [4.78, 5) is 82.7. The average Bonchev–Trinajstić information content (AvgIpc) is 3.54. The summed E-state index contributed by atoms with van der Waals surface area (Å²) in [6.45, 7) is 5.09. The molecule has 3 aromatic carbocycles. The number of H-pyrrole nitrogens is 1. The number of benzene rings is 3. The lowest BCUT2D eigenvalue weighted by Gasteiger charge is -2.32. The number of carboxylic acids is 1. The number of amides is 5. The fourth-order valence-corrected chi connectivity index (χ4v) is 7.13. The summed E-state index contributed by atoms with van der Waals surface area (Å²) in [5.41, 5.74) is 7.19. The van der Waals surface area contributed by atoms with Crippen molar-refractivity contribution in [1.82, 2.24) is 26.3 Å². The summed E-state index contributed by atoms with van der Waals surface area (Å²) in [5, 5.41) is 23.0. The van der Waals surface area contributed by atoms with Gasteiger partial charge in [0, 0.05) is 29.9 Å². The van der Waals surface area contributed by atoms with Gasteiger partial charge < -0.3 is 41.8 Å². The van der Waals surface area contributed by atoms with Crippen LogP contribution in [0.15, 0.2) is 72.9 Å². The molecule has 5 amide bonds. The van der Waals surface area contributed by atoms with Gasteiger partial charge in [-0.15, -0.1) is 0 Å². The number of carboxylic acid groups (broad SMARTS) is 1. The maximum atomic E-state index is 14.2. The Kier molecular flexibility index (Phi) is 13.1. The molecule has 4 atom stereocenters. The van der Waals surface area contributed by atoms with E-state index < -0.39 is 71.9 Å². The van der Waals surface area contributed by atoms with Crippen LogP contribution in [0.1, 0.15) is 70.4 Å². The number of aliphatic carboxylic acids is 1. The molecule has 1 heterocycles. The van der Waals surface area contributed by atoms with Crippen molar-refractivity contribution < 1.29 is 38.6 Å². The van der Waals surface area contributed by atoms with Crippen molar-refractivity contribution in [3.8, 4) is 0 Å². The molecule has 1 aliphatic carbocycles. The molecule has 292 valence electrons. The zero-order chi connectivity index (χ0) is 39.7. The largest absolute Gasteiger partial charge is 0.481 e. The Balaban J connectivity index is 1.37. The Morgan fingerprint density at radius 3 is 2.05 bits per heavy atom. The SMILES string of the molecule is CC(C)(C)OC(=O)N[C@@H](Cc1c[nH]c2ccccc12)C(=O)N[C@H](C(=O)N[C@@H](CC(=O)O)C(=O)N[C@@H](Cc1cccc2ccccc12)C(N)=O)C1CCCCC1. The van der Waals surface area contributed by atoms with E-state index in [1.165, 1.54) is 0 Å². The van der Waals surface area contributed by atoms with Crippen molar-refractivity contribution in [2.75, 3.05) is 0 Å². The number of alkyl carbamates (subject to hydrolysis) is 1. The molecule has 55 heavy (non-hydrogen) atoms. The number of ether oxygens (including phenoxy) is 1. The van der Waals surface area contributed by atoms with Crippen LogP contribution in [0.2, 0.25) is 0 Å². The number of hydrogen-bond acceptors (Lipinski definition) is 7. The van der Waals surface area contributed by atoms with Crippen LogP contribution in [0, 0.1) is 5.92 Å². The highest BCUT2D eigenvalue weighted by atomic mass is 16.6. The third-order valence-corrected chi connectivity index (χ3v) is 9.78. The first-order chi connectivity index (χ1) is 26.2. The van der Waals surface area contributed by atoms with Gasteiger partial charge in [0.25, 0.3) is 0 Å². The second-order valence-electron chi connectivity index (χ2n) is 15.1. The molecular formula is C41H50N6O8. The van der Waals surface area contributed by atoms with Gasteiger partial charge in [0.05, 0.1) is 6.42 Å². The van der Waals surface area contributed by atoms with Gasteiger partial charge in [0.2, 0.25) is 23.6 Å². The summed E-state index contributed by atoms with van der Waals surface area (Å²) < 4.78 is 5.47. The highest BCUT2D eigenvalue weighted by Crippen LogP contribution is 2.27. The number of rotatable bonds is 15. The fraction of sp³-hybridized carbons (Fsp3) is 0.415. The minimum atomic E-state index is -1.61. The predicted molar refractivity (Wildman–Crippen MR) is 207 cm³/mol. The van der Waals surface area contributed by atoms with Gasteiger partial charge in [-0.3, -0.25) is 24.0 Å². The molecule has 0 aliphatic heterocycles. The molecule has 1 aliphatic rings. The number of aromatic amines is 1. The van der Waals surface area contributed by atoms with Crippen LogP contribution in [-0.2, 0) is 41.6 Å². The molecule has 0 unspecified atom stereocenters. The van der Waals surface area contributed by atoms with E-state index in [1.807, 2.05) is 66.7 Å². The normalized spacial score (nSPS) is 15.6. The van der Waals surface area contributed by atoms with Gasteiger partial charge in [0.1, 0.15) is 29.8 Å². The van der Waals surface area contributed by atoms with E-state index in [0.29, 0.717) is 12.8 Å². The van der Waals surface area contributed by atoms with E-state index in [1.54, 1.807) is 27.0 Å². The van der Waals surface area contributed by atoms with Crippen LogP contribution < -0.4 is 27.0 Å². The summed E-state index contributed by atoms with van der Waals surface area (Å²) >= 11 is 0. The van der Waals surface area contributed by atoms with Crippen molar-refractivity contribution >= 4 is 57.4 Å². The van der Waals surface area contributed by atoms with E-state index in [2.05, 4.69) is 26.3 Å². The lowest BCUT2D eigenvalue weighted by Crippen LogP contribution is -2.60. The van der Waals surface area contributed by atoms with Crippen molar-refractivity contribution in [3.05, 3.63) is 84.1 Å². The Morgan fingerprint density at radius 1 is 0.745 bits per heavy atom. The number of hydrogen-bond donors (Lipinski definition) is 7. The standard InChI is InChI=1S/C41H50N6O8/c1-41(2,3)55-40(54)46-32(21-27-23-43-30-19-10-9-18-29(27)30)38(52)47-35(25-13-5-4-6-14-25)39(53)45-33(22-34(48)49)37(51)44-31(36(42)50)20-26-16-11-15-24-12-7-8-17-28(24)26/h7-12,15-19,23,25,31-33,35,43H,4-6,13-14,20-22H2,1-3H3,(H2,42,50)(H,44,51)(H,45,53)(H,46,54)(H,47,52)(H,48,49)/t31-,32-,33-,35-/m0/s1. The van der Waals surface area contributed by atoms with Crippen LogP contribution >= 0.6 is 0 Å². The number of nitrogens with one attached hydrogen (secondary N) is 5. The van der Waals surface area contributed by atoms with Gasteiger partial charge in [-0.05, 0) is 67.5 Å². The number of primary amides is 1. The van der Waals surface area contributed by atoms with Crippen LogP contribution in [0.5, 0.6) is 0 Å². The number of fused-ring (bicyclic) bond motifs is 2. The Bertz CT molecular complexity index is 2030. The minimum Gasteiger partial charge on any atom is -0.481 e. The number of aromatic nitrogens is 1. The zero-order valence-electron chi connectivity index (χ0n) is 31.4. The van der Waals surface area contributed by atoms with Crippen molar-refractivity contribution in [2.45, 2.75) is 102 Å². The molecule has 14 nitrogen and oxygen atoms in total. The summed E-state index contributed by atoms with van der Waals surface area (Å²) in [5.74, 6) is -4.90.